The van der Waals surface area contributed by atoms with Crippen molar-refractivity contribution >= 4 is 30.7 Å². The lowest BCUT2D eigenvalue weighted by atomic mass is 9.84. The van der Waals surface area contributed by atoms with Crippen molar-refractivity contribution < 1.29 is 4.79 Å². The SMILES string of the molecule is CC1CCN(CC2CCCN(C(=O)C3CCCC(N)C3)C2)CC1.Cl.Cl. The number of nitrogens with zero attached hydrogens (tertiary/aromatic N) is 2. The molecule has 3 aliphatic rings. The molecule has 1 aliphatic carbocycles. The Bertz CT molecular complexity index is 402. The van der Waals surface area contributed by atoms with Crippen LogP contribution in [0.1, 0.15) is 58.3 Å². The van der Waals surface area contributed by atoms with Crippen molar-refractivity contribution in [1.29, 1.82) is 0 Å². The summed E-state index contributed by atoms with van der Waals surface area (Å²) in [7, 11) is 0. The maximum Gasteiger partial charge on any atom is 0.225 e. The van der Waals surface area contributed by atoms with Crippen LogP contribution >= 0.6 is 24.8 Å². The summed E-state index contributed by atoms with van der Waals surface area (Å²) in [6.45, 7) is 8.02. The molecule has 25 heavy (non-hydrogen) atoms. The number of hydrogen-bond acceptors (Lipinski definition) is 3. The molecule has 0 aromatic heterocycles. The maximum atomic E-state index is 12.8. The lowest BCUT2D eigenvalue weighted by molar-refractivity contribution is -0.138. The van der Waals surface area contributed by atoms with Gasteiger partial charge in [-0.2, -0.15) is 0 Å². The summed E-state index contributed by atoms with van der Waals surface area (Å²) < 4.78 is 0. The van der Waals surface area contributed by atoms with Crippen LogP contribution in [0.2, 0.25) is 0 Å². The van der Waals surface area contributed by atoms with E-state index in [1.165, 1.54) is 45.3 Å². The molecule has 6 heteroatoms. The molecule has 0 bridgehead atoms. The normalized spacial score (nSPS) is 31.8. The molecule has 1 saturated carbocycles. The van der Waals surface area contributed by atoms with Crippen LogP contribution in [-0.4, -0.2) is 54.5 Å². The summed E-state index contributed by atoms with van der Waals surface area (Å²) in [6, 6.07) is 0.244. The Morgan fingerprint density at radius 2 is 1.72 bits per heavy atom. The number of halogens is 2. The van der Waals surface area contributed by atoms with Crippen LogP contribution in [0.25, 0.3) is 0 Å². The summed E-state index contributed by atoms with van der Waals surface area (Å²) in [4.78, 5) is 17.6. The fourth-order valence-electron chi connectivity index (χ4n) is 4.73. The molecule has 1 amide bonds. The van der Waals surface area contributed by atoms with Gasteiger partial charge in [0.15, 0.2) is 0 Å². The van der Waals surface area contributed by atoms with Gasteiger partial charge in [-0.1, -0.05) is 13.3 Å². The third-order valence-electron chi connectivity index (χ3n) is 6.29. The minimum absolute atomic E-state index is 0. The molecule has 3 fully saturated rings. The van der Waals surface area contributed by atoms with Crippen LogP contribution in [0.4, 0.5) is 0 Å². The zero-order valence-corrected chi connectivity index (χ0v) is 17.3. The molecule has 148 valence electrons. The molecule has 3 atom stereocenters. The summed E-state index contributed by atoms with van der Waals surface area (Å²) >= 11 is 0. The number of piperidine rings is 2. The third kappa shape index (κ3) is 6.57. The molecule has 0 spiro atoms. The molecule has 2 saturated heterocycles. The van der Waals surface area contributed by atoms with Crippen molar-refractivity contribution in [2.75, 3.05) is 32.7 Å². The van der Waals surface area contributed by atoms with Gasteiger partial charge in [-0.05, 0) is 69.9 Å². The van der Waals surface area contributed by atoms with Crippen molar-refractivity contribution in [2.24, 2.45) is 23.5 Å². The number of rotatable bonds is 3. The van der Waals surface area contributed by atoms with Gasteiger partial charge in [0.2, 0.25) is 5.91 Å². The Morgan fingerprint density at radius 1 is 1.00 bits per heavy atom. The van der Waals surface area contributed by atoms with Gasteiger partial charge >= 0.3 is 0 Å². The first-order valence-corrected chi connectivity index (χ1v) is 9.88. The van der Waals surface area contributed by atoms with Gasteiger partial charge in [0, 0.05) is 31.6 Å². The molecule has 2 heterocycles. The van der Waals surface area contributed by atoms with Crippen LogP contribution < -0.4 is 5.73 Å². The van der Waals surface area contributed by atoms with Gasteiger partial charge < -0.3 is 15.5 Å². The summed E-state index contributed by atoms with van der Waals surface area (Å²) in [5.41, 5.74) is 6.08. The first-order valence-electron chi connectivity index (χ1n) is 9.88. The highest BCUT2D eigenvalue weighted by Crippen LogP contribution is 2.28. The van der Waals surface area contributed by atoms with Crippen molar-refractivity contribution in [3.63, 3.8) is 0 Å². The van der Waals surface area contributed by atoms with E-state index in [1.54, 1.807) is 0 Å². The van der Waals surface area contributed by atoms with Crippen LogP contribution in [-0.2, 0) is 4.79 Å². The molecular formula is C19H37Cl2N3O. The second kappa shape index (κ2) is 11.0. The molecule has 0 aromatic rings. The molecule has 0 aromatic carbocycles. The highest BCUT2D eigenvalue weighted by molar-refractivity contribution is 5.85. The lowest BCUT2D eigenvalue weighted by Gasteiger charge is -2.39. The van der Waals surface area contributed by atoms with E-state index in [2.05, 4.69) is 16.7 Å². The van der Waals surface area contributed by atoms with Crippen LogP contribution in [0, 0.1) is 17.8 Å². The standard InChI is InChI=1S/C19H35N3O.2ClH/c1-15-7-10-21(11-8-15)13-16-4-3-9-22(14-16)19(23)17-5-2-6-18(20)12-17;;/h15-18H,2-14,20H2,1H3;2*1H. The van der Waals surface area contributed by atoms with E-state index in [4.69, 9.17) is 5.73 Å². The van der Waals surface area contributed by atoms with Crippen molar-refractivity contribution in [3.05, 3.63) is 0 Å². The number of amides is 1. The van der Waals surface area contributed by atoms with Gasteiger partial charge in [0.05, 0.1) is 0 Å². The second-order valence-electron chi connectivity index (χ2n) is 8.40. The van der Waals surface area contributed by atoms with E-state index in [-0.39, 0.29) is 36.8 Å². The Morgan fingerprint density at radius 3 is 2.40 bits per heavy atom. The fraction of sp³-hybridized carbons (Fsp3) is 0.947. The topological polar surface area (TPSA) is 49.6 Å². The largest absolute Gasteiger partial charge is 0.342 e. The van der Waals surface area contributed by atoms with Gasteiger partial charge in [-0.25, -0.2) is 0 Å². The quantitative estimate of drug-likeness (QED) is 0.799. The smallest absolute Gasteiger partial charge is 0.225 e. The van der Waals surface area contributed by atoms with Gasteiger partial charge in [0.25, 0.3) is 0 Å². The average Bonchev–Trinajstić information content (AvgIpc) is 2.56. The van der Waals surface area contributed by atoms with Crippen molar-refractivity contribution in [3.8, 4) is 0 Å². The maximum absolute atomic E-state index is 12.8. The molecule has 3 unspecified atom stereocenters. The van der Waals surface area contributed by atoms with Gasteiger partial charge in [-0.15, -0.1) is 24.8 Å². The molecule has 2 N–H and O–H groups in total. The summed E-state index contributed by atoms with van der Waals surface area (Å²) in [5.74, 6) is 2.18. The Balaban J connectivity index is 0.00000156. The number of likely N-dealkylation sites (tertiary alicyclic amines) is 2. The number of carbonyl (C=O) groups is 1. The minimum Gasteiger partial charge on any atom is -0.342 e. The lowest BCUT2D eigenvalue weighted by Crippen LogP contribution is -2.48. The molecular weight excluding hydrogens is 357 g/mol. The molecule has 0 radical (unpaired) electrons. The summed E-state index contributed by atoms with van der Waals surface area (Å²) in [6.07, 6.45) is 9.34. The average molecular weight is 394 g/mol. The van der Waals surface area contributed by atoms with E-state index in [0.717, 1.165) is 44.7 Å². The van der Waals surface area contributed by atoms with E-state index >= 15 is 0 Å². The Kier molecular flexibility index (Phi) is 10.1. The second-order valence-corrected chi connectivity index (χ2v) is 8.40. The number of nitrogens with two attached hydrogens (primary N) is 1. The first-order chi connectivity index (χ1) is 11.1. The van der Waals surface area contributed by atoms with E-state index in [9.17, 15) is 4.79 Å². The van der Waals surface area contributed by atoms with Crippen molar-refractivity contribution in [2.45, 2.75) is 64.3 Å². The van der Waals surface area contributed by atoms with Crippen LogP contribution in [0.15, 0.2) is 0 Å². The molecule has 3 rings (SSSR count). The number of carbonyl (C=O) groups excluding carboxylic acids is 1. The molecule has 4 nitrogen and oxygen atoms in total. The van der Waals surface area contributed by atoms with E-state index in [0.29, 0.717) is 11.8 Å². The molecule has 2 aliphatic heterocycles. The van der Waals surface area contributed by atoms with Crippen molar-refractivity contribution in [1.82, 2.24) is 9.80 Å². The van der Waals surface area contributed by atoms with E-state index in [1.807, 2.05) is 0 Å². The highest BCUT2D eigenvalue weighted by atomic mass is 35.5. The zero-order chi connectivity index (χ0) is 16.2. The Hall–Kier alpha value is -0.0300. The Labute approximate surface area is 166 Å². The van der Waals surface area contributed by atoms with E-state index < -0.39 is 0 Å². The van der Waals surface area contributed by atoms with Gasteiger partial charge in [-0.3, -0.25) is 4.79 Å². The third-order valence-corrected chi connectivity index (χ3v) is 6.29. The van der Waals surface area contributed by atoms with Crippen LogP contribution in [0.3, 0.4) is 0 Å². The predicted molar refractivity (Wildman–Crippen MR) is 109 cm³/mol. The highest BCUT2D eigenvalue weighted by Gasteiger charge is 2.32. The van der Waals surface area contributed by atoms with Gasteiger partial charge in [0.1, 0.15) is 0 Å². The predicted octanol–water partition coefficient (Wildman–Crippen LogP) is 3.32. The van der Waals surface area contributed by atoms with Crippen LogP contribution in [0.5, 0.6) is 0 Å². The monoisotopic (exact) mass is 393 g/mol. The summed E-state index contributed by atoms with van der Waals surface area (Å²) in [5, 5.41) is 0. The zero-order valence-electron chi connectivity index (χ0n) is 15.7. The minimum atomic E-state index is 0. The first kappa shape index (κ1) is 23.0. The fourth-order valence-corrected chi connectivity index (χ4v) is 4.73. The number of hydrogen-bond donors (Lipinski definition) is 1.